The van der Waals surface area contributed by atoms with Gasteiger partial charge in [-0.2, -0.15) is 0 Å². The van der Waals surface area contributed by atoms with Crippen LogP contribution in [0.5, 0.6) is 0 Å². The zero-order valence-corrected chi connectivity index (χ0v) is 13.2. The maximum Gasteiger partial charge on any atom is 0.212 e. The molecule has 4 rings (SSSR count). The van der Waals surface area contributed by atoms with Crippen LogP contribution in [0.3, 0.4) is 0 Å². The van der Waals surface area contributed by atoms with Crippen molar-refractivity contribution in [2.24, 2.45) is 7.05 Å². The van der Waals surface area contributed by atoms with E-state index in [0.717, 1.165) is 12.1 Å². The van der Waals surface area contributed by atoms with E-state index < -0.39 is 0 Å². The summed E-state index contributed by atoms with van der Waals surface area (Å²) in [4.78, 5) is 4.56. The van der Waals surface area contributed by atoms with Crippen LogP contribution in [0.2, 0.25) is 0 Å². The number of pyridine rings is 2. The molecule has 0 atom stereocenters. The Labute approximate surface area is 131 Å². The third-order valence-electron chi connectivity index (χ3n) is 4.56. The van der Waals surface area contributed by atoms with Gasteiger partial charge in [-0.15, -0.1) is 0 Å². The molecule has 1 aromatic carbocycles. The van der Waals surface area contributed by atoms with Gasteiger partial charge in [-0.3, -0.25) is 4.98 Å². The van der Waals surface area contributed by atoms with Crippen LogP contribution in [-0.4, -0.2) is 4.98 Å². The minimum atomic E-state index is 0.983. The Balaban J connectivity index is 1.92. The molecular formula is C20H19N2+. The largest absolute Gasteiger partial charge is 0.256 e. The van der Waals surface area contributed by atoms with Crippen molar-refractivity contribution in [1.29, 1.82) is 0 Å². The Kier molecular flexibility index (Phi) is 2.86. The van der Waals surface area contributed by atoms with Crippen molar-refractivity contribution in [1.82, 2.24) is 4.98 Å². The van der Waals surface area contributed by atoms with E-state index in [1.54, 1.807) is 0 Å². The van der Waals surface area contributed by atoms with Gasteiger partial charge in [0, 0.05) is 24.2 Å². The first-order valence-electron chi connectivity index (χ1n) is 7.68. The average molecular weight is 287 g/mol. The van der Waals surface area contributed by atoms with E-state index in [2.05, 4.69) is 67.0 Å². The molecule has 108 valence electrons. The quantitative estimate of drug-likeness (QED) is 0.487. The summed E-state index contributed by atoms with van der Waals surface area (Å²) in [6, 6.07) is 13.2. The molecule has 2 nitrogen and oxygen atoms in total. The highest BCUT2D eigenvalue weighted by Gasteiger charge is 2.25. The summed E-state index contributed by atoms with van der Waals surface area (Å²) < 4.78 is 2.23. The van der Waals surface area contributed by atoms with Crippen molar-refractivity contribution in [3.8, 4) is 22.5 Å². The molecule has 0 amide bonds. The molecule has 0 spiro atoms. The van der Waals surface area contributed by atoms with Gasteiger partial charge in [0.1, 0.15) is 7.05 Å². The molecule has 2 heteroatoms. The lowest BCUT2D eigenvalue weighted by atomic mass is 10.00. The minimum Gasteiger partial charge on any atom is -0.256 e. The van der Waals surface area contributed by atoms with Crippen LogP contribution in [0, 0.1) is 13.8 Å². The standard InChI is InChI=1S/C20H19N2/c1-13-6-7-14(2)17(9-13)19-11-16-10-15-5-4-8-21-20(15)18(16)12-22(19)3/h4-9,11-12H,10H2,1-3H3/q+1. The lowest BCUT2D eigenvalue weighted by Crippen LogP contribution is -2.31. The maximum absolute atomic E-state index is 4.56. The van der Waals surface area contributed by atoms with Gasteiger partial charge < -0.3 is 0 Å². The van der Waals surface area contributed by atoms with E-state index in [1.165, 1.54) is 39.1 Å². The number of rotatable bonds is 1. The molecular weight excluding hydrogens is 268 g/mol. The van der Waals surface area contributed by atoms with E-state index in [9.17, 15) is 0 Å². The number of aryl methyl sites for hydroxylation is 3. The molecule has 0 N–H and O–H groups in total. The first kappa shape index (κ1) is 13.2. The molecule has 2 aromatic heterocycles. The van der Waals surface area contributed by atoms with Crippen molar-refractivity contribution in [3.63, 3.8) is 0 Å². The third-order valence-corrected chi connectivity index (χ3v) is 4.56. The molecule has 2 heterocycles. The van der Waals surface area contributed by atoms with E-state index in [0.29, 0.717) is 0 Å². The molecule has 0 saturated heterocycles. The summed E-state index contributed by atoms with van der Waals surface area (Å²) >= 11 is 0. The van der Waals surface area contributed by atoms with Crippen LogP contribution in [0.1, 0.15) is 22.3 Å². The fraction of sp³-hybridized carbons (Fsp3) is 0.200. The first-order valence-corrected chi connectivity index (χ1v) is 7.68. The van der Waals surface area contributed by atoms with Gasteiger partial charge in [0.15, 0.2) is 6.20 Å². The normalized spacial score (nSPS) is 12.1. The van der Waals surface area contributed by atoms with Gasteiger partial charge in [-0.25, -0.2) is 4.57 Å². The fourth-order valence-corrected chi connectivity index (χ4v) is 3.36. The number of benzene rings is 1. The Morgan fingerprint density at radius 1 is 1.00 bits per heavy atom. The summed E-state index contributed by atoms with van der Waals surface area (Å²) in [5, 5.41) is 0. The summed E-state index contributed by atoms with van der Waals surface area (Å²) in [6.45, 7) is 4.33. The smallest absolute Gasteiger partial charge is 0.212 e. The number of aromatic nitrogens is 2. The molecule has 0 bridgehead atoms. The van der Waals surface area contributed by atoms with Gasteiger partial charge in [0.25, 0.3) is 0 Å². The van der Waals surface area contributed by atoms with Crippen molar-refractivity contribution in [3.05, 3.63) is 71.0 Å². The SMILES string of the molecule is Cc1ccc(C)c(-c2cc3c(c[n+]2C)-c2ncccc2C3)c1. The van der Waals surface area contributed by atoms with Crippen LogP contribution < -0.4 is 4.57 Å². The first-order chi connectivity index (χ1) is 10.6. The highest BCUT2D eigenvalue weighted by molar-refractivity contribution is 5.74. The molecule has 3 aromatic rings. The van der Waals surface area contributed by atoms with Crippen molar-refractivity contribution in [2.75, 3.05) is 0 Å². The van der Waals surface area contributed by atoms with E-state index in [1.807, 2.05) is 12.3 Å². The zero-order valence-electron chi connectivity index (χ0n) is 13.2. The van der Waals surface area contributed by atoms with Crippen LogP contribution in [0.15, 0.2) is 48.8 Å². The van der Waals surface area contributed by atoms with E-state index in [4.69, 9.17) is 0 Å². The molecule has 1 aliphatic carbocycles. The maximum atomic E-state index is 4.56. The van der Waals surface area contributed by atoms with Gasteiger partial charge in [0.05, 0.1) is 11.3 Å². The Bertz CT molecular complexity index is 894. The van der Waals surface area contributed by atoms with Crippen LogP contribution >= 0.6 is 0 Å². The Morgan fingerprint density at radius 3 is 2.73 bits per heavy atom. The molecule has 0 radical (unpaired) electrons. The fourth-order valence-electron chi connectivity index (χ4n) is 3.36. The van der Waals surface area contributed by atoms with Gasteiger partial charge in [-0.1, -0.05) is 23.8 Å². The molecule has 0 fully saturated rings. The van der Waals surface area contributed by atoms with Crippen LogP contribution in [0.25, 0.3) is 22.5 Å². The van der Waals surface area contributed by atoms with Gasteiger partial charge in [0.2, 0.25) is 5.69 Å². The summed E-state index contributed by atoms with van der Waals surface area (Å²) in [5.41, 5.74) is 10.3. The van der Waals surface area contributed by atoms with Crippen LogP contribution in [0.4, 0.5) is 0 Å². The lowest BCUT2D eigenvalue weighted by Gasteiger charge is -2.08. The second kappa shape index (κ2) is 4.77. The van der Waals surface area contributed by atoms with E-state index >= 15 is 0 Å². The number of hydrogen-bond acceptors (Lipinski definition) is 1. The van der Waals surface area contributed by atoms with Crippen molar-refractivity contribution in [2.45, 2.75) is 20.3 Å². The lowest BCUT2D eigenvalue weighted by molar-refractivity contribution is -0.660. The average Bonchev–Trinajstić information content (AvgIpc) is 2.87. The monoisotopic (exact) mass is 287 g/mol. The molecule has 0 saturated carbocycles. The molecule has 22 heavy (non-hydrogen) atoms. The number of fused-ring (bicyclic) bond motifs is 3. The summed E-state index contributed by atoms with van der Waals surface area (Å²) in [7, 11) is 2.12. The number of nitrogens with zero attached hydrogens (tertiary/aromatic N) is 2. The van der Waals surface area contributed by atoms with Crippen LogP contribution in [-0.2, 0) is 13.5 Å². The third kappa shape index (κ3) is 1.95. The Morgan fingerprint density at radius 2 is 1.86 bits per heavy atom. The highest BCUT2D eigenvalue weighted by Crippen LogP contribution is 2.35. The van der Waals surface area contributed by atoms with E-state index in [-0.39, 0.29) is 0 Å². The van der Waals surface area contributed by atoms with Gasteiger partial charge in [-0.05, 0) is 42.7 Å². The molecule has 1 aliphatic rings. The van der Waals surface area contributed by atoms with Crippen molar-refractivity contribution >= 4 is 0 Å². The molecule has 0 unspecified atom stereocenters. The second-order valence-corrected chi connectivity index (χ2v) is 6.21. The van der Waals surface area contributed by atoms with Crippen molar-refractivity contribution < 1.29 is 4.57 Å². The number of hydrogen-bond donors (Lipinski definition) is 0. The predicted octanol–water partition coefficient (Wildman–Crippen LogP) is 3.76. The second-order valence-electron chi connectivity index (χ2n) is 6.21. The highest BCUT2D eigenvalue weighted by atomic mass is 14.9. The molecule has 0 aliphatic heterocycles. The summed E-state index contributed by atoms with van der Waals surface area (Å²) in [6.07, 6.45) is 5.09. The minimum absolute atomic E-state index is 0.983. The predicted molar refractivity (Wildman–Crippen MR) is 88.6 cm³/mol. The topological polar surface area (TPSA) is 16.8 Å². The summed E-state index contributed by atoms with van der Waals surface area (Å²) in [5.74, 6) is 0. The Hall–Kier alpha value is -2.48. The zero-order chi connectivity index (χ0) is 15.3. The van der Waals surface area contributed by atoms with Gasteiger partial charge >= 0.3 is 0 Å².